The van der Waals surface area contributed by atoms with Gasteiger partial charge < -0.3 is 4.74 Å². The Morgan fingerprint density at radius 1 is 1.32 bits per heavy atom. The molecule has 2 aliphatic rings. The van der Waals surface area contributed by atoms with Gasteiger partial charge in [-0.15, -0.1) is 22.9 Å². The van der Waals surface area contributed by atoms with Crippen LogP contribution in [-0.2, 0) is 17.0 Å². The number of hydrogen-bond acceptors (Lipinski definition) is 4. The molecule has 106 valence electrons. The third-order valence-corrected chi connectivity index (χ3v) is 5.20. The van der Waals surface area contributed by atoms with E-state index in [1.807, 2.05) is 0 Å². The number of aromatic nitrogens is 1. The summed E-state index contributed by atoms with van der Waals surface area (Å²) in [5, 5.41) is 3.31. The van der Waals surface area contributed by atoms with E-state index in [2.05, 4.69) is 15.3 Å². The highest BCUT2D eigenvalue weighted by Gasteiger charge is 2.33. The molecule has 5 heteroatoms. The Morgan fingerprint density at radius 3 is 2.79 bits per heavy atom. The van der Waals surface area contributed by atoms with Gasteiger partial charge in [-0.05, 0) is 38.6 Å². The summed E-state index contributed by atoms with van der Waals surface area (Å²) in [5.41, 5.74) is 1.02. The van der Waals surface area contributed by atoms with Crippen molar-refractivity contribution in [3.63, 3.8) is 0 Å². The predicted molar refractivity (Wildman–Crippen MR) is 78.9 cm³/mol. The fourth-order valence-electron chi connectivity index (χ4n) is 3.02. The SMILES string of the molecule is ClCc1csc(CCCCN2CC3CCC(C2)O3)n1. The van der Waals surface area contributed by atoms with Gasteiger partial charge >= 0.3 is 0 Å². The summed E-state index contributed by atoms with van der Waals surface area (Å²) in [6, 6.07) is 0. The van der Waals surface area contributed by atoms with Crippen molar-refractivity contribution in [2.45, 2.75) is 50.2 Å². The molecule has 2 fully saturated rings. The molecular formula is C14H21ClN2OS. The van der Waals surface area contributed by atoms with E-state index in [9.17, 15) is 0 Å². The van der Waals surface area contributed by atoms with Gasteiger partial charge in [0.25, 0.3) is 0 Å². The molecular weight excluding hydrogens is 280 g/mol. The zero-order chi connectivity index (χ0) is 13.1. The van der Waals surface area contributed by atoms with E-state index < -0.39 is 0 Å². The van der Waals surface area contributed by atoms with Crippen LogP contribution in [0, 0.1) is 0 Å². The summed E-state index contributed by atoms with van der Waals surface area (Å²) in [7, 11) is 0. The summed E-state index contributed by atoms with van der Waals surface area (Å²) >= 11 is 7.50. The van der Waals surface area contributed by atoms with E-state index in [1.54, 1.807) is 11.3 Å². The molecule has 0 aliphatic carbocycles. The molecule has 0 spiro atoms. The van der Waals surface area contributed by atoms with E-state index in [1.165, 1.54) is 37.2 Å². The van der Waals surface area contributed by atoms with Crippen molar-refractivity contribution in [3.8, 4) is 0 Å². The van der Waals surface area contributed by atoms with Crippen LogP contribution in [0.15, 0.2) is 5.38 Å². The molecule has 2 aliphatic heterocycles. The molecule has 2 saturated heterocycles. The van der Waals surface area contributed by atoms with Gasteiger partial charge in [0, 0.05) is 18.5 Å². The van der Waals surface area contributed by atoms with Crippen LogP contribution in [0.1, 0.15) is 36.4 Å². The second kappa shape index (κ2) is 6.53. The number of halogens is 1. The lowest BCUT2D eigenvalue weighted by Gasteiger charge is -2.31. The lowest BCUT2D eigenvalue weighted by atomic mass is 10.2. The fraction of sp³-hybridized carbons (Fsp3) is 0.786. The quantitative estimate of drug-likeness (QED) is 0.596. The number of aryl methyl sites for hydroxylation is 1. The average molecular weight is 301 g/mol. The smallest absolute Gasteiger partial charge is 0.0928 e. The minimum atomic E-state index is 0.518. The Hall–Kier alpha value is -0.160. The largest absolute Gasteiger partial charge is 0.372 e. The van der Waals surface area contributed by atoms with Gasteiger partial charge in [-0.25, -0.2) is 4.98 Å². The van der Waals surface area contributed by atoms with Crippen LogP contribution in [-0.4, -0.2) is 41.7 Å². The molecule has 3 rings (SSSR count). The zero-order valence-electron chi connectivity index (χ0n) is 11.2. The lowest BCUT2D eigenvalue weighted by molar-refractivity contribution is -0.0385. The number of unbranched alkanes of at least 4 members (excludes halogenated alkanes) is 1. The van der Waals surface area contributed by atoms with Crippen LogP contribution in [0.3, 0.4) is 0 Å². The monoisotopic (exact) mass is 300 g/mol. The Bertz CT molecular complexity index is 400. The molecule has 0 aromatic carbocycles. The maximum absolute atomic E-state index is 5.86. The Morgan fingerprint density at radius 2 is 2.11 bits per heavy atom. The van der Waals surface area contributed by atoms with Gasteiger partial charge in [-0.1, -0.05) is 0 Å². The van der Waals surface area contributed by atoms with Crippen LogP contribution in [0.5, 0.6) is 0 Å². The summed E-state index contributed by atoms with van der Waals surface area (Å²) in [6.07, 6.45) is 7.15. The summed E-state index contributed by atoms with van der Waals surface area (Å²) in [6.45, 7) is 3.50. The summed E-state index contributed by atoms with van der Waals surface area (Å²) in [4.78, 5) is 7.08. The molecule has 3 heterocycles. The molecule has 19 heavy (non-hydrogen) atoms. The molecule has 2 unspecified atom stereocenters. The van der Waals surface area contributed by atoms with Crippen molar-refractivity contribution >= 4 is 22.9 Å². The number of rotatable bonds is 6. The van der Waals surface area contributed by atoms with Crippen molar-refractivity contribution in [2.24, 2.45) is 0 Å². The van der Waals surface area contributed by atoms with Crippen molar-refractivity contribution in [2.75, 3.05) is 19.6 Å². The molecule has 0 radical (unpaired) electrons. The third kappa shape index (κ3) is 3.69. The highest BCUT2D eigenvalue weighted by Crippen LogP contribution is 2.26. The standard InChI is InChI=1S/C14H21ClN2OS/c15-7-11-10-19-14(16-11)3-1-2-6-17-8-12-4-5-13(9-17)18-12/h10,12-13H,1-9H2. The van der Waals surface area contributed by atoms with Crippen LogP contribution in [0.4, 0.5) is 0 Å². The number of likely N-dealkylation sites (tertiary alicyclic amines) is 1. The molecule has 3 nitrogen and oxygen atoms in total. The summed E-state index contributed by atoms with van der Waals surface area (Å²) in [5.74, 6) is 0.535. The number of thiazole rings is 1. The van der Waals surface area contributed by atoms with Gasteiger partial charge in [0.2, 0.25) is 0 Å². The van der Waals surface area contributed by atoms with E-state index >= 15 is 0 Å². The molecule has 0 N–H and O–H groups in total. The topological polar surface area (TPSA) is 25.4 Å². The second-order valence-electron chi connectivity index (χ2n) is 5.54. The number of ether oxygens (including phenoxy) is 1. The second-order valence-corrected chi connectivity index (χ2v) is 6.75. The molecule has 1 aromatic heterocycles. The highest BCUT2D eigenvalue weighted by atomic mass is 35.5. The first-order valence-corrected chi connectivity index (χ1v) is 8.62. The van der Waals surface area contributed by atoms with Gasteiger partial charge in [-0.3, -0.25) is 4.90 Å². The summed E-state index contributed by atoms with van der Waals surface area (Å²) < 4.78 is 5.86. The molecule has 1 aromatic rings. The van der Waals surface area contributed by atoms with Crippen LogP contribution in [0.25, 0.3) is 0 Å². The number of nitrogens with zero attached hydrogens (tertiary/aromatic N) is 2. The highest BCUT2D eigenvalue weighted by molar-refractivity contribution is 7.09. The fourth-order valence-corrected chi connectivity index (χ4v) is 4.09. The van der Waals surface area contributed by atoms with E-state index in [-0.39, 0.29) is 0 Å². The minimum absolute atomic E-state index is 0.518. The first kappa shape index (κ1) is 13.8. The number of hydrogen-bond donors (Lipinski definition) is 0. The molecule has 2 bridgehead atoms. The number of fused-ring (bicyclic) bond motifs is 2. The van der Waals surface area contributed by atoms with Gasteiger partial charge in [0.15, 0.2) is 0 Å². The van der Waals surface area contributed by atoms with E-state index in [0.717, 1.165) is 25.2 Å². The Balaban J connectivity index is 1.34. The third-order valence-electron chi connectivity index (χ3n) is 3.97. The van der Waals surface area contributed by atoms with Crippen LogP contribution < -0.4 is 0 Å². The molecule has 0 saturated carbocycles. The lowest BCUT2D eigenvalue weighted by Crippen LogP contribution is -2.42. The predicted octanol–water partition coefficient (Wildman–Crippen LogP) is 3.07. The number of morpholine rings is 1. The maximum Gasteiger partial charge on any atom is 0.0928 e. The van der Waals surface area contributed by atoms with Gasteiger partial charge in [-0.2, -0.15) is 0 Å². The molecule has 0 amide bonds. The molecule has 2 atom stereocenters. The first-order valence-electron chi connectivity index (χ1n) is 7.20. The van der Waals surface area contributed by atoms with Gasteiger partial charge in [0.1, 0.15) is 0 Å². The van der Waals surface area contributed by atoms with Crippen molar-refractivity contribution in [1.82, 2.24) is 9.88 Å². The Labute approximate surface area is 123 Å². The number of alkyl halides is 1. The minimum Gasteiger partial charge on any atom is -0.372 e. The van der Waals surface area contributed by atoms with Crippen molar-refractivity contribution in [1.29, 1.82) is 0 Å². The Kier molecular flexibility index (Phi) is 4.74. The average Bonchev–Trinajstić information content (AvgIpc) is 3.01. The van der Waals surface area contributed by atoms with E-state index in [4.69, 9.17) is 16.3 Å². The van der Waals surface area contributed by atoms with E-state index in [0.29, 0.717) is 18.1 Å². The zero-order valence-corrected chi connectivity index (χ0v) is 12.8. The van der Waals surface area contributed by atoms with Crippen molar-refractivity contribution < 1.29 is 4.74 Å². The van der Waals surface area contributed by atoms with Crippen molar-refractivity contribution in [3.05, 3.63) is 16.1 Å². The van der Waals surface area contributed by atoms with Gasteiger partial charge in [0.05, 0.1) is 28.8 Å². The normalized spacial score (nSPS) is 27.0. The van der Waals surface area contributed by atoms with Crippen LogP contribution >= 0.6 is 22.9 Å². The maximum atomic E-state index is 5.86. The van der Waals surface area contributed by atoms with Crippen LogP contribution in [0.2, 0.25) is 0 Å². The first-order chi connectivity index (χ1) is 9.33.